The molecule has 2 saturated heterocycles. The molecule has 1 N–H and O–H groups in total. The topological polar surface area (TPSA) is 30.5 Å². The molecule has 2 heterocycles. The summed E-state index contributed by atoms with van der Waals surface area (Å²) in [4.78, 5) is 5.14. The zero-order valence-corrected chi connectivity index (χ0v) is 12.2. The SMILES string of the molecule is CC(F)(F)[C@H]1OC[C@]2(c3cc(Br)ccc3F)NOC[C@H]12. The van der Waals surface area contributed by atoms with Crippen molar-refractivity contribution in [3.05, 3.63) is 34.1 Å². The lowest BCUT2D eigenvalue weighted by atomic mass is 9.78. The summed E-state index contributed by atoms with van der Waals surface area (Å²) in [6.07, 6.45) is -1.30. The van der Waals surface area contributed by atoms with Crippen molar-refractivity contribution in [1.29, 1.82) is 0 Å². The van der Waals surface area contributed by atoms with E-state index in [0.717, 1.165) is 6.92 Å². The molecule has 0 aromatic heterocycles. The lowest BCUT2D eigenvalue weighted by Crippen LogP contribution is -2.45. The van der Waals surface area contributed by atoms with Crippen LogP contribution in [-0.2, 0) is 15.1 Å². The van der Waals surface area contributed by atoms with E-state index in [1.54, 1.807) is 12.1 Å². The number of hydrogen-bond acceptors (Lipinski definition) is 3. The van der Waals surface area contributed by atoms with E-state index >= 15 is 0 Å². The Bertz CT molecular complexity index is 537. The lowest BCUT2D eigenvalue weighted by Gasteiger charge is -2.29. The van der Waals surface area contributed by atoms with Gasteiger partial charge in [0.05, 0.1) is 13.2 Å². The van der Waals surface area contributed by atoms with Gasteiger partial charge in [-0.05, 0) is 18.2 Å². The number of hydrogen-bond donors (Lipinski definition) is 1. The van der Waals surface area contributed by atoms with Gasteiger partial charge in [0.2, 0.25) is 0 Å². The van der Waals surface area contributed by atoms with Gasteiger partial charge in [-0.2, -0.15) is 5.48 Å². The monoisotopic (exact) mass is 351 g/mol. The molecule has 2 aliphatic rings. The summed E-state index contributed by atoms with van der Waals surface area (Å²) in [6.45, 7) is 0.808. The average Bonchev–Trinajstić information content (AvgIpc) is 2.89. The van der Waals surface area contributed by atoms with Crippen LogP contribution < -0.4 is 5.48 Å². The second-order valence-electron chi connectivity index (χ2n) is 5.30. The van der Waals surface area contributed by atoms with E-state index in [2.05, 4.69) is 21.4 Å². The van der Waals surface area contributed by atoms with Gasteiger partial charge in [0.15, 0.2) is 0 Å². The number of hydroxylamine groups is 1. The van der Waals surface area contributed by atoms with E-state index in [9.17, 15) is 13.2 Å². The largest absolute Gasteiger partial charge is 0.369 e. The first-order valence-electron chi connectivity index (χ1n) is 6.18. The van der Waals surface area contributed by atoms with Crippen LogP contribution in [0.1, 0.15) is 12.5 Å². The highest BCUT2D eigenvalue weighted by Crippen LogP contribution is 2.48. The molecule has 20 heavy (non-hydrogen) atoms. The van der Waals surface area contributed by atoms with Gasteiger partial charge in [0.25, 0.3) is 5.92 Å². The fourth-order valence-electron chi connectivity index (χ4n) is 2.97. The molecular weight excluding hydrogens is 339 g/mol. The molecule has 2 aliphatic heterocycles. The summed E-state index contributed by atoms with van der Waals surface area (Å²) in [5.41, 5.74) is 1.91. The van der Waals surface area contributed by atoms with Crippen LogP contribution >= 0.6 is 15.9 Å². The lowest BCUT2D eigenvalue weighted by molar-refractivity contribution is -0.124. The number of nitrogens with one attached hydrogen (secondary N) is 1. The van der Waals surface area contributed by atoms with Crippen LogP contribution in [0.25, 0.3) is 0 Å². The van der Waals surface area contributed by atoms with Gasteiger partial charge in [-0.15, -0.1) is 0 Å². The first kappa shape index (κ1) is 14.3. The molecule has 3 nitrogen and oxygen atoms in total. The van der Waals surface area contributed by atoms with Gasteiger partial charge in [0, 0.05) is 22.9 Å². The molecule has 3 atom stereocenters. The van der Waals surface area contributed by atoms with Crippen molar-refractivity contribution in [2.45, 2.75) is 24.5 Å². The Labute approximate surface area is 122 Å². The maximum Gasteiger partial charge on any atom is 0.271 e. The van der Waals surface area contributed by atoms with Gasteiger partial charge in [-0.25, -0.2) is 13.2 Å². The van der Waals surface area contributed by atoms with Crippen molar-refractivity contribution >= 4 is 15.9 Å². The van der Waals surface area contributed by atoms with Crippen LogP contribution in [0.4, 0.5) is 13.2 Å². The minimum absolute atomic E-state index is 0.0556. The maximum atomic E-state index is 14.1. The van der Waals surface area contributed by atoms with Gasteiger partial charge < -0.3 is 9.57 Å². The highest BCUT2D eigenvalue weighted by molar-refractivity contribution is 9.10. The van der Waals surface area contributed by atoms with E-state index < -0.39 is 29.3 Å². The predicted octanol–water partition coefficient (Wildman–Crippen LogP) is 2.99. The molecule has 1 aromatic carbocycles. The molecule has 0 saturated carbocycles. The van der Waals surface area contributed by atoms with Crippen molar-refractivity contribution in [2.24, 2.45) is 5.92 Å². The molecule has 7 heteroatoms. The maximum absolute atomic E-state index is 14.1. The fourth-order valence-corrected chi connectivity index (χ4v) is 3.33. The zero-order chi connectivity index (χ0) is 14.5. The van der Waals surface area contributed by atoms with E-state index in [0.29, 0.717) is 4.47 Å². The summed E-state index contributed by atoms with van der Waals surface area (Å²) in [6, 6.07) is 4.42. The zero-order valence-electron chi connectivity index (χ0n) is 10.6. The number of rotatable bonds is 2. The number of halogens is 4. The van der Waals surface area contributed by atoms with Gasteiger partial charge >= 0.3 is 0 Å². The predicted molar refractivity (Wildman–Crippen MR) is 68.7 cm³/mol. The molecular formula is C13H13BrF3NO2. The smallest absolute Gasteiger partial charge is 0.271 e. The van der Waals surface area contributed by atoms with E-state index in [-0.39, 0.29) is 18.8 Å². The third-order valence-corrected chi connectivity index (χ3v) is 4.41. The summed E-state index contributed by atoms with van der Waals surface area (Å²) >= 11 is 3.27. The Morgan fingerprint density at radius 2 is 2.20 bits per heavy atom. The van der Waals surface area contributed by atoms with Crippen molar-refractivity contribution in [2.75, 3.05) is 13.2 Å². The number of ether oxygens (including phenoxy) is 1. The second kappa shape index (κ2) is 4.69. The molecule has 1 aromatic rings. The average molecular weight is 352 g/mol. The summed E-state index contributed by atoms with van der Waals surface area (Å²) < 4.78 is 47.3. The number of benzene rings is 1. The molecule has 110 valence electrons. The van der Waals surface area contributed by atoms with Crippen LogP contribution in [0.15, 0.2) is 22.7 Å². The normalized spacial score (nSPS) is 33.5. The number of alkyl halides is 2. The minimum atomic E-state index is -3.01. The Morgan fingerprint density at radius 1 is 1.45 bits per heavy atom. The van der Waals surface area contributed by atoms with E-state index in [1.807, 2.05) is 0 Å². The molecule has 0 bridgehead atoms. The van der Waals surface area contributed by atoms with Gasteiger partial charge in [0.1, 0.15) is 17.5 Å². The summed E-state index contributed by atoms with van der Waals surface area (Å²) in [5, 5.41) is 0. The molecule has 3 rings (SSSR count). The molecule has 0 aliphatic carbocycles. The standard InChI is InChI=1S/C13H13BrF3NO2/c1-12(16,17)11-9-5-20-18-13(9,6-19-11)8-4-7(14)2-3-10(8)15/h2-4,9,11,18H,5-6H2,1H3/t9-,11+,13-/m1/s1. The Balaban J connectivity index is 2.05. The van der Waals surface area contributed by atoms with Crippen LogP contribution in [0, 0.1) is 11.7 Å². The van der Waals surface area contributed by atoms with Crippen LogP contribution in [-0.4, -0.2) is 25.2 Å². The van der Waals surface area contributed by atoms with Crippen molar-refractivity contribution in [3.63, 3.8) is 0 Å². The van der Waals surface area contributed by atoms with E-state index in [4.69, 9.17) is 9.57 Å². The third-order valence-electron chi connectivity index (χ3n) is 3.91. The molecule has 0 unspecified atom stereocenters. The Kier molecular flexibility index (Phi) is 3.36. The summed E-state index contributed by atoms with van der Waals surface area (Å²) in [7, 11) is 0. The Morgan fingerprint density at radius 3 is 2.90 bits per heavy atom. The minimum Gasteiger partial charge on any atom is -0.369 e. The second-order valence-corrected chi connectivity index (χ2v) is 6.22. The third kappa shape index (κ3) is 2.07. The van der Waals surface area contributed by atoms with Crippen LogP contribution in [0.5, 0.6) is 0 Å². The molecule has 2 fully saturated rings. The van der Waals surface area contributed by atoms with Crippen LogP contribution in [0.2, 0.25) is 0 Å². The van der Waals surface area contributed by atoms with Gasteiger partial charge in [-0.1, -0.05) is 15.9 Å². The first-order chi connectivity index (χ1) is 9.34. The molecule has 0 radical (unpaired) electrons. The molecule has 0 amide bonds. The summed E-state index contributed by atoms with van der Waals surface area (Å²) in [5.74, 6) is -4.13. The van der Waals surface area contributed by atoms with Crippen molar-refractivity contribution in [1.82, 2.24) is 5.48 Å². The highest BCUT2D eigenvalue weighted by atomic mass is 79.9. The quantitative estimate of drug-likeness (QED) is 0.888. The fraction of sp³-hybridized carbons (Fsp3) is 0.538. The van der Waals surface area contributed by atoms with Crippen molar-refractivity contribution in [3.8, 4) is 0 Å². The van der Waals surface area contributed by atoms with Crippen molar-refractivity contribution < 1.29 is 22.7 Å². The van der Waals surface area contributed by atoms with E-state index in [1.165, 1.54) is 6.07 Å². The first-order valence-corrected chi connectivity index (χ1v) is 6.98. The Hall–Kier alpha value is -0.630. The number of fused-ring (bicyclic) bond motifs is 1. The highest BCUT2D eigenvalue weighted by Gasteiger charge is 2.61. The molecule has 0 spiro atoms. The van der Waals surface area contributed by atoms with Crippen LogP contribution in [0.3, 0.4) is 0 Å². The van der Waals surface area contributed by atoms with Gasteiger partial charge in [-0.3, -0.25) is 0 Å².